The lowest BCUT2D eigenvalue weighted by molar-refractivity contribution is 0.0960. The Morgan fingerprint density at radius 1 is 1.30 bits per heavy atom. The molecule has 0 amide bonds. The Balaban J connectivity index is 1.80. The molecule has 3 rings (SSSR count). The number of ketones is 1. The molecule has 8 heteroatoms. The number of aryl methyl sites for hydroxylation is 1. The minimum Gasteiger partial charge on any atom is -0.383 e. The maximum Gasteiger partial charge on any atom is 0.205 e. The van der Waals surface area contributed by atoms with Gasteiger partial charge in [0.15, 0.2) is 5.78 Å². The van der Waals surface area contributed by atoms with E-state index in [1.165, 1.54) is 16.9 Å². The van der Waals surface area contributed by atoms with E-state index in [0.717, 1.165) is 11.4 Å². The molecule has 0 saturated carbocycles. The molecule has 2 aromatic heterocycles. The Hall–Kier alpha value is -2.87. The molecule has 0 aliphatic carbocycles. The quantitative estimate of drug-likeness (QED) is 0.597. The van der Waals surface area contributed by atoms with Crippen LogP contribution in [0.25, 0.3) is 11.4 Å². The van der Waals surface area contributed by atoms with E-state index in [-0.39, 0.29) is 30.0 Å². The Kier molecular flexibility index (Phi) is 5.46. The van der Waals surface area contributed by atoms with Crippen molar-refractivity contribution in [3.8, 4) is 11.4 Å². The van der Waals surface area contributed by atoms with Crippen molar-refractivity contribution < 1.29 is 13.9 Å². The monoisotopic (exact) mass is 371 g/mol. The van der Waals surface area contributed by atoms with Gasteiger partial charge < -0.3 is 9.30 Å². The average molecular weight is 371 g/mol. The summed E-state index contributed by atoms with van der Waals surface area (Å²) in [6.45, 7) is 6.45. The van der Waals surface area contributed by atoms with Gasteiger partial charge in [0.05, 0.1) is 12.6 Å². The number of methoxy groups -OCH3 is 1. The lowest BCUT2D eigenvalue weighted by Gasteiger charge is -2.17. The molecule has 0 N–H and O–H groups in total. The van der Waals surface area contributed by atoms with Crippen LogP contribution in [0.5, 0.6) is 0 Å². The van der Waals surface area contributed by atoms with Crippen molar-refractivity contribution in [2.45, 2.75) is 33.4 Å². The number of Topliss-reactive ketones (excluding diaryl/α,β-unsaturated/α-hetero) is 1. The fraction of sp³-hybridized carbons (Fsp3) is 0.368. The zero-order valence-corrected chi connectivity index (χ0v) is 15.8. The molecule has 0 fully saturated rings. The first-order valence-electron chi connectivity index (χ1n) is 8.65. The summed E-state index contributed by atoms with van der Waals surface area (Å²) in [5.41, 5.74) is 3.01. The SMILES string of the molecule is COC[C@@H](C)n1c(C)cc(C(=O)Cn2nnc(-c3cccc(F)c3)n2)c1C. The Labute approximate surface area is 156 Å². The van der Waals surface area contributed by atoms with Crippen LogP contribution < -0.4 is 0 Å². The summed E-state index contributed by atoms with van der Waals surface area (Å²) >= 11 is 0. The molecule has 0 aliphatic rings. The second-order valence-electron chi connectivity index (χ2n) is 6.54. The molecule has 0 spiro atoms. The number of halogens is 1. The van der Waals surface area contributed by atoms with Crippen LogP contribution in [0, 0.1) is 19.7 Å². The van der Waals surface area contributed by atoms with E-state index in [4.69, 9.17) is 4.74 Å². The molecular weight excluding hydrogens is 349 g/mol. The normalized spacial score (nSPS) is 12.3. The summed E-state index contributed by atoms with van der Waals surface area (Å²) in [7, 11) is 1.66. The van der Waals surface area contributed by atoms with Gasteiger partial charge in [-0.05, 0) is 44.2 Å². The minimum absolute atomic E-state index is 0.0364. The first-order chi connectivity index (χ1) is 12.9. The van der Waals surface area contributed by atoms with Crippen LogP contribution in [-0.4, -0.2) is 44.3 Å². The lowest BCUT2D eigenvalue weighted by atomic mass is 10.1. The molecule has 0 aliphatic heterocycles. The summed E-state index contributed by atoms with van der Waals surface area (Å²) < 4.78 is 20.7. The van der Waals surface area contributed by atoms with Crippen LogP contribution >= 0.6 is 0 Å². The van der Waals surface area contributed by atoms with Crippen LogP contribution in [0.15, 0.2) is 30.3 Å². The van der Waals surface area contributed by atoms with Crippen LogP contribution in [0.1, 0.15) is 34.7 Å². The van der Waals surface area contributed by atoms with Crippen LogP contribution in [-0.2, 0) is 11.3 Å². The zero-order chi connectivity index (χ0) is 19.6. The third-order valence-electron chi connectivity index (χ3n) is 4.45. The van der Waals surface area contributed by atoms with Crippen molar-refractivity contribution in [2.24, 2.45) is 0 Å². The molecular formula is C19H22FN5O2. The fourth-order valence-electron chi connectivity index (χ4n) is 3.32. The van der Waals surface area contributed by atoms with Gasteiger partial charge in [-0.2, -0.15) is 4.80 Å². The number of aromatic nitrogens is 5. The van der Waals surface area contributed by atoms with E-state index in [1.54, 1.807) is 19.2 Å². The van der Waals surface area contributed by atoms with Crippen LogP contribution in [0.3, 0.4) is 0 Å². The predicted octanol–water partition coefficient (Wildman–Crippen LogP) is 2.99. The van der Waals surface area contributed by atoms with Gasteiger partial charge in [-0.25, -0.2) is 4.39 Å². The number of benzene rings is 1. The highest BCUT2D eigenvalue weighted by Gasteiger charge is 2.20. The topological polar surface area (TPSA) is 74.8 Å². The number of ether oxygens (including phenoxy) is 1. The van der Waals surface area contributed by atoms with Gasteiger partial charge >= 0.3 is 0 Å². The van der Waals surface area contributed by atoms with Crippen LogP contribution in [0.2, 0.25) is 0 Å². The average Bonchev–Trinajstić information content (AvgIpc) is 3.19. The zero-order valence-electron chi connectivity index (χ0n) is 15.8. The fourth-order valence-corrected chi connectivity index (χ4v) is 3.32. The lowest BCUT2D eigenvalue weighted by Crippen LogP contribution is -2.16. The molecule has 0 unspecified atom stereocenters. The first kappa shape index (κ1) is 18.9. The van der Waals surface area contributed by atoms with E-state index in [2.05, 4.69) is 20.0 Å². The molecule has 142 valence electrons. The van der Waals surface area contributed by atoms with E-state index < -0.39 is 0 Å². The largest absolute Gasteiger partial charge is 0.383 e. The summed E-state index contributed by atoms with van der Waals surface area (Å²) in [5, 5.41) is 12.0. The second kappa shape index (κ2) is 7.79. The van der Waals surface area contributed by atoms with E-state index in [9.17, 15) is 9.18 Å². The van der Waals surface area contributed by atoms with Gasteiger partial charge in [0, 0.05) is 29.6 Å². The smallest absolute Gasteiger partial charge is 0.205 e. The predicted molar refractivity (Wildman–Crippen MR) is 98.0 cm³/mol. The summed E-state index contributed by atoms with van der Waals surface area (Å²) in [4.78, 5) is 14.0. The number of tetrazole rings is 1. The standard InChI is InChI=1S/C19H22FN5O2/c1-12-8-17(14(3)25(12)13(2)11-27-4)18(26)10-24-22-19(21-23-24)15-6-5-7-16(20)9-15/h5-9,13H,10-11H2,1-4H3/t13-/m1/s1. The molecule has 1 aromatic carbocycles. The number of rotatable bonds is 7. The number of nitrogens with zero attached hydrogens (tertiary/aromatic N) is 5. The molecule has 27 heavy (non-hydrogen) atoms. The van der Waals surface area contributed by atoms with Crippen molar-refractivity contribution in [3.05, 3.63) is 53.1 Å². The van der Waals surface area contributed by atoms with Crippen molar-refractivity contribution >= 4 is 5.78 Å². The second-order valence-corrected chi connectivity index (χ2v) is 6.54. The van der Waals surface area contributed by atoms with Gasteiger partial charge in [0.1, 0.15) is 12.4 Å². The molecule has 0 saturated heterocycles. The van der Waals surface area contributed by atoms with Gasteiger partial charge in [0.2, 0.25) is 5.82 Å². The summed E-state index contributed by atoms with van der Waals surface area (Å²) in [5.74, 6) is -0.207. The maximum absolute atomic E-state index is 13.3. The van der Waals surface area contributed by atoms with Crippen molar-refractivity contribution in [3.63, 3.8) is 0 Å². The molecule has 7 nitrogen and oxygen atoms in total. The molecule has 1 atom stereocenters. The molecule has 0 bridgehead atoms. The van der Waals surface area contributed by atoms with Crippen molar-refractivity contribution in [2.75, 3.05) is 13.7 Å². The third kappa shape index (κ3) is 3.95. The van der Waals surface area contributed by atoms with Crippen molar-refractivity contribution in [1.29, 1.82) is 0 Å². The van der Waals surface area contributed by atoms with Crippen LogP contribution in [0.4, 0.5) is 4.39 Å². The molecule has 3 aromatic rings. The van der Waals surface area contributed by atoms with Gasteiger partial charge in [-0.3, -0.25) is 4.79 Å². The van der Waals surface area contributed by atoms with Crippen molar-refractivity contribution in [1.82, 2.24) is 24.8 Å². The number of hydrogen-bond donors (Lipinski definition) is 0. The van der Waals surface area contributed by atoms with E-state index in [1.807, 2.05) is 26.8 Å². The Morgan fingerprint density at radius 3 is 2.78 bits per heavy atom. The van der Waals surface area contributed by atoms with E-state index >= 15 is 0 Å². The van der Waals surface area contributed by atoms with Gasteiger partial charge in [-0.1, -0.05) is 12.1 Å². The number of carbonyl (C=O) groups is 1. The molecule has 0 radical (unpaired) electrons. The van der Waals surface area contributed by atoms with E-state index in [0.29, 0.717) is 17.7 Å². The minimum atomic E-state index is -0.377. The Bertz CT molecular complexity index is 963. The molecule has 2 heterocycles. The Morgan fingerprint density at radius 2 is 2.07 bits per heavy atom. The third-order valence-corrected chi connectivity index (χ3v) is 4.45. The highest BCUT2D eigenvalue weighted by atomic mass is 19.1. The maximum atomic E-state index is 13.3. The number of carbonyl (C=O) groups excluding carboxylic acids is 1. The van der Waals surface area contributed by atoms with Gasteiger partial charge in [-0.15, -0.1) is 10.2 Å². The van der Waals surface area contributed by atoms with Gasteiger partial charge in [0.25, 0.3) is 0 Å². The summed E-state index contributed by atoms with van der Waals surface area (Å²) in [6, 6.07) is 7.93. The first-order valence-corrected chi connectivity index (χ1v) is 8.65. The highest BCUT2D eigenvalue weighted by Crippen LogP contribution is 2.21. The summed E-state index contributed by atoms with van der Waals surface area (Å²) in [6.07, 6.45) is 0. The number of hydrogen-bond acceptors (Lipinski definition) is 5. The highest BCUT2D eigenvalue weighted by molar-refractivity contribution is 5.97.